The molecule has 2 N–H and O–H groups in total. The van der Waals surface area contributed by atoms with Crippen molar-refractivity contribution in [1.29, 1.82) is 0 Å². The van der Waals surface area contributed by atoms with E-state index in [4.69, 9.17) is 17.3 Å². The Labute approximate surface area is 162 Å². The molecule has 0 aliphatic rings. The fourth-order valence-corrected chi connectivity index (χ4v) is 2.20. The summed E-state index contributed by atoms with van der Waals surface area (Å²) in [5.74, 6) is 5.42. The van der Waals surface area contributed by atoms with Gasteiger partial charge in [0.15, 0.2) is 13.6 Å². The van der Waals surface area contributed by atoms with Gasteiger partial charge in [-0.25, -0.2) is 0 Å². The number of benzene rings is 1. The summed E-state index contributed by atoms with van der Waals surface area (Å²) in [6.45, 7) is 3.30. The molecule has 0 spiro atoms. The molecule has 7 heteroatoms. The summed E-state index contributed by atoms with van der Waals surface area (Å²) < 4.78 is 11.1. The van der Waals surface area contributed by atoms with E-state index >= 15 is 0 Å². The predicted molar refractivity (Wildman–Crippen MR) is 106 cm³/mol. The van der Waals surface area contributed by atoms with Crippen molar-refractivity contribution in [2.75, 3.05) is 33.4 Å². The Bertz CT molecular complexity index is 655. The molecule has 2 radical (unpaired) electrons. The highest BCUT2D eigenvalue weighted by Gasteiger charge is 2.09. The zero-order valence-corrected chi connectivity index (χ0v) is 16.0. The van der Waals surface area contributed by atoms with Gasteiger partial charge in [-0.05, 0) is 39.1 Å². The van der Waals surface area contributed by atoms with Crippen LogP contribution in [0.1, 0.15) is 36.5 Å². The van der Waals surface area contributed by atoms with Gasteiger partial charge in [0.1, 0.15) is 19.0 Å². The molecular formula is C20H27BN2O4. The zero-order chi connectivity index (χ0) is 19.9. The summed E-state index contributed by atoms with van der Waals surface area (Å²) in [6, 6.07) is 7.11. The quantitative estimate of drug-likeness (QED) is 0.237. The number of ketones is 1. The number of amides is 1. The van der Waals surface area contributed by atoms with Gasteiger partial charge < -0.3 is 20.1 Å². The molecule has 144 valence electrons. The van der Waals surface area contributed by atoms with Gasteiger partial charge in [0.05, 0.1) is 6.10 Å². The molecule has 0 saturated carbocycles. The third kappa shape index (κ3) is 10.4. The van der Waals surface area contributed by atoms with Crippen LogP contribution in [0.15, 0.2) is 24.3 Å². The lowest BCUT2D eigenvalue weighted by molar-refractivity contribution is -0.127. The number of rotatable bonds is 13. The second-order valence-electron chi connectivity index (χ2n) is 6.01. The first kappa shape index (κ1) is 22.7. The molecular weight excluding hydrogens is 343 g/mol. The number of carbonyl (C=O) groups excluding carboxylic acids is 2. The fourth-order valence-electron chi connectivity index (χ4n) is 2.20. The molecule has 0 aliphatic heterocycles. The maximum Gasteiger partial charge on any atom is 0.246 e. The maximum absolute atomic E-state index is 12.1. The Balaban J connectivity index is 2.33. The molecule has 0 heterocycles. The predicted octanol–water partition coefficient (Wildman–Crippen LogP) is 1.29. The van der Waals surface area contributed by atoms with Gasteiger partial charge in [-0.3, -0.25) is 9.59 Å². The van der Waals surface area contributed by atoms with Crippen LogP contribution in [0.2, 0.25) is 0 Å². The van der Waals surface area contributed by atoms with Crippen LogP contribution in [0, 0.1) is 11.7 Å². The van der Waals surface area contributed by atoms with Crippen molar-refractivity contribution < 1.29 is 19.1 Å². The van der Waals surface area contributed by atoms with Crippen molar-refractivity contribution in [3.05, 3.63) is 29.8 Å². The lowest BCUT2D eigenvalue weighted by atomic mass is 10.1. The molecule has 1 atom stereocenters. The Morgan fingerprint density at radius 2 is 2.11 bits per heavy atom. The molecule has 0 fully saturated rings. The average Bonchev–Trinajstić information content (AvgIpc) is 2.68. The van der Waals surface area contributed by atoms with Gasteiger partial charge in [-0.15, -0.1) is 5.92 Å². The van der Waals surface area contributed by atoms with E-state index in [1.165, 1.54) is 0 Å². The minimum absolute atomic E-state index is 0.0510. The molecule has 1 aromatic carbocycles. The van der Waals surface area contributed by atoms with Gasteiger partial charge in [-0.1, -0.05) is 12.1 Å². The van der Waals surface area contributed by atoms with Crippen molar-refractivity contribution in [2.45, 2.75) is 32.3 Å². The fraction of sp³-hybridized carbons (Fsp3) is 0.500. The van der Waals surface area contributed by atoms with Gasteiger partial charge in [-0.2, -0.15) is 5.82 Å². The van der Waals surface area contributed by atoms with Crippen LogP contribution in [0.4, 0.5) is 0 Å². The number of ether oxygens (including phenoxy) is 2. The monoisotopic (exact) mass is 370 g/mol. The standard InChI is InChI=1S/C20H27BN2O4/c1-16(26-15-20(25)23-12-4-3-10-21)14-27-18-8-5-7-17(13-18)19(24)9-6-11-22-2/h5,7-8,13,16,22H,4,6,9,11-12,14-15H2,1-2H3,(H,23,25). The van der Waals surface area contributed by atoms with Crippen LogP contribution < -0.4 is 15.4 Å². The Morgan fingerprint density at radius 1 is 1.30 bits per heavy atom. The van der Waals surface area contributed by atoms with Crippen molar-refractivity contribution in [2.24, 2.45) is 0 Å². The van der Waals surface area contributed by atoms with Crippen LogP contribution in [-0.4, -0.2) is 59.0 Å². The molecule has 1 aromatic rings. The lowest BCUT2D eigenvalue weighted by Crippen LogP contribution is -2.31. The number of carbonyl (C=O) groups is 2. The van der Waals surface area contributed by atoms with Gasteiger partial charge in [0.25, 0.3) is 0 Å². The van der Waals surface area contributed by atoms with Crippen LogP contribution in [0.3, 0.4) is 0 Å². The molecule has 0 aliphatic carbocycles. The van der Waals surface area contributed by atoms with Crippen LogP contribution in [-0.2, 0) is 9.53 Å². The average molecular weight is 370 g/mol. The van der Waals surface area contributed by atoms with E-state index in [1.54, 1.807) is 24.3 Å². The second-order valence-corrected chi connectivity index (χ2v) is 6.01. The van der Waals surface area contributed by atoms with Crippen molar-refractivity contribution in [1.82, 2.24) is 10.6 Å². The summed E-state index contributed by atoms with van der Waals surface area (Å²) in [4.78, 5) is 23.8. The van der Waals surface area contributed by atoms with Gasteiger partial charge in [0, 0.05) is 24.9 Å². The second kappa shape index (κ2) is 13.8. The number of hydrogen-bond donors (Lipinski definition) is 2. The number of nitrogens with one attached hydrogen (secondary N) is 2. The van der Waals surface area contributed by atoms with Crippen LogP contribution in [0.25, 0.3) is 0 Å². The lowest BCUT2D eigenvalue weighted by Gasteiger charge is -2.14. The topological polar surface area (TPSA) is 76.7 Å². The molecule has 27 heavy (non-hydrogen) atoms. The maximum atomic E-state index is 12.1. The first-order chi connectivity index (χ1) is 13.1. The highest BCUT2D eigenvalue weighted by atomic mass is 16.5. The molecule has 1 amide bonds. The largest absolute Gasteiger partial charge is 0.491 e. The van der Waals surface area contributed by atoms with E-state index in [-0.39, 0.29) is 31.0 Å². The van der Waals surface area contributed by atoms with Crippen molar-refractivity contribution >= 4 is 19.5 Å². The van der Waals surface area contributed by atoms with Crippen LogP contribution >= 0.6 is 0 Å². The first-order valence-corrected chi connectivity index (χ1v) is 9.04. The Kier molecular flexibility index (Phi) is 11.7. The minimum Gasteiger partial charge on any atom is -0.491 e. The molecule has 0 aromatic heterocycles. The third-order valence-corrected chi connectivity index (χ3v) is 3.64. The third-order valence-electron chi connectivity index (χ3n) is 3.64. The molecule has 1 rings (SSSR count). The van der Waals surface area contributed by atoms with Gasteiger partial charge >= 0.3 is 0 Å². The van der Waals surface area contributed by atoms with E-state index in [9.17, 15) is 9.59 Å². The number of hydrogen-bond acceptors (Lipinski definition) is 5. The first-order valence-electron chi connectivity index (χ1n) is 9.04. The molecule has 0 bridgehead atoms. The van der Waals surface area contributed by atoms with Crippen LogP contribution in [0.5, 0.6) is 5.75 Å². The van der Waals surface area contributed by atoms with Crippen molar-refractivity contribution in [3.63, 3.8) is 0 Å². The normalized spacial score (nSPS) is 11.2. The zero-order valence-electron chi connectivity index (χ0n) is 16.0. The smallest absolute Gasteiger partial charge is 0.246 e. The summed E-state index contributed by atoms with van der Waals surface area (Å²) >= 11 is 0. The van der Waals surface area contributed by atoms with Crippen molar-refractivity contribution in [3.8, 4) is 17.5 Å². The van der Waals surface area contributed by atoms with E-state index < -0.39 is 0 Å². The SMILES string of the molecule is [B]C#CCCNC(=O)COC(C)COc1cccc(C(=O)CCCNC)c1. The highest BCUT2D eigenvalue weighted by Crippen LogP contribution is 2.16. The summed E-state index contributed by atoms with van der Waals surface area (Å²) in [7, 11) is 6.91. The summed E-state index contributed by atoms with van der Waals surface area (Å²) in [5.41, 5.74) is 0.636. The Hall–Kier alpha value is -2.30. The molecule has 1 unspecified atom stereocenters. The molecule has 0 saturated heterocycles. The minimum atomic E-state index is -0.269. The van der Waals surface area contributed by atoms with E-state index in [1.807, 2.05) is 14.0 Å². The van der Waals surface area contributed by atoms with E-state index in [0.29, 0.717) is 30.7 Å². The van der Waals surface area contributed by atoms with E-state index in [0.717, 1.165) is 13.0 Å². The highest BCUT2D eigenvalue weighted by molar-refractivity contribution is 6.22. The Morgan fingerprint density at radius 3 is 2.85 bits per heavy atom. The van der Waals surface area contributed by atoms with Gasteiger partial charge in [0.2, 0.25) is 5.91 Å². The summed E-state index contributed by atoms with van der Waals surface area (Å²) in [6.07, 6.45) is 1.53. The number of Topliss-reactive ketones (excluding diaryl/α,β-unsaturated/α-hetero) is 1. The van der Waals surface area contributed by atoms with E-state index in [2.05, 4.69) is 22.4 Å². The summed E-state index contributed by atoms with van der Waals surface area (Å²) in [5, 5.41) is 5.71. The molecule has 6 nitrogen and oxygen atoms in total.